The standard InChI is InChI=1S/C29H31ClN4O2/c1-20-9-10-24(18-26(20)30)32-29(36)31-23-11-12-27(25(17-23)28(35)33-14-5-2-6-15-33)34-16-13-21-7-3-4-8-22(21)19-34/h3-4,7-12,17-18H,2,5-6,13-16,19H2,1H3,(H2,31,32,36). The van der Waals surface area contributed by atoms with E-state index in [1.807, 2.05) is 42.2 Å². The fourth-order valence-corrected chi connectivity index (χ4v) is 5.17. The summed E-state index contributed by atoms with van der Waals surface area (Å²) in [6.45, 7) is 5.06. The summed E-state index contributed by atoms with van der Waals surface area (Å²) in [4.78, 5) is 30.6. The van der Waals surface area contributed by atoms with E-state index in [4.69, 9.17) is 11.6 Å². The van der Waals surface area contributed by atoms with Crippen LogP contribution >= 0.6 is 11.6 Å². The molecule has 3 aromatic rings. The van der Waals surface area contributed by atoms with Crippen molar-refractivity contribution < 1.29 is 9.59 Å². The number of anilines is 3. The summed E-state index contributed by atoms with van der Waals surface area (Å²) in [5.74, 6) is 0.0259. The van der Waals surface area contributed by atoms with Gasteiger partial charge in [-0.3, -0.25) is 4.79 Å². The zero-order chi connectivity index (χ0) is 25.1. The Morgan fingerprint density at radius 3 is 2.28 bits per heavy atom. The van der Waals surface area contributed by atoms with Gasteiger partial charge in [0.05, 0.1) is 5.56 Å². The number of piperidine rings is 1. The van der Waals surface area contributed by atoms with Crippen LogP contribution in [0.1, 0.15) is 46.3 Å². The maximum absolute atomic E-state index is 13.7. The smallest absolute Gasteiger partial charge is 0.323 e. The predicted octanol–water partition coefficient (Wildman–Crippen LogP) is 6.48. The number of nitrogens with zero attached hydrogens (tertiary/aromatic N) is 2. The van der Waals surface area contributed by atoms with E-state index < -0.39 is 0 Å². The number of aryl methyl sites for hydroxylation is 1. The second kappa shape index (κ2) is 10.6. The highest BCUT2D eigenvalue weighted by molar-refractivity contribution is 6.31. The molecule has 0 radical (unpaired) electrons. The molecule has 0 atom stereocenters. The molecule has 0 saturated carbocycles. The number of urea groups is 1. The summed E-state index contributed by atoms with van der Waals surface area (Å²) < 4.78 is 0. The lowest BCUT2D eigenvalue weighted by atomic mass is 9.98. The molecule has 7 heteroatoms. The molecule has 2 aliphatic rings. The van der Waals surface area contributed by atoms with E-state index in [0.29, 0.717) is 22.0 Å². The molecule has 2 aliphatic heterocycles. The predicted molar refractivity (Wildman–Crippen MR) is 146 cm³/mol. The lowest BCUT2D eigenvalue weighted by Gasteiger charge is -2.34. The van der Waals surface area contributed by atoms with Crippen LogP contribution in [0.15, 0.2) is 60.7 Å². The quantitative estimate of drug-likeness (QED) is 0.429. The summed E-state index contributed by atoms with van der Waals surface area (Å²) in [6, 6.07) is 19.1. The third-order valence-corrected chi connectivity index (χ3v) is 7.44. The number of halogens is 1. The minimum absolute atomic E-state index is 0.0259. The van der Waals surface area contributed by atoms with Crippen molar-refractivity contribution in [3.8, 4) is 0 Å². The van der Waals surface area contributed by atoms with Crippen molar-refractivity contribution in [1.82, 2.24) is 4.90 Å². The van der Waals surface area contributed by atoms with Crippen LogP contribution in [0.2, 0.25) is 5.02 Å². The molecule has 3 amide bonds. The minimum Gasteiger partial charge on any atom is -0.366 e. The van der Waals surface area contributed by atoms with Gasteiger partial charge in [0, 0.05) is 48.3 Å². The van der Waals surface area contributed by atoms with Crippen molar-refractivity contribution >= 4 is 40.6 Å². The Hall–Kier alpha value is -3.51. The SMILES string of the molecule is Cc1ccc(NC(=O)Nc2ccc(N3CCc4ccccc4C3)c(C(=O)N3CCCCC3)c2)cc1Cl. The number of benzene rings is 3. The zero-order valence-corrected chi connectivity index (χ0v) is 21.3. The highest BCUT2D eigenvalue weighted by atomic mass is 35.5. The van der Waals surface area contributed by atoms with Crippen molar-refractivity contribution in [2.24, 2.45) is 0 Å². The Labute approximate surface area is 217 Å². The van der Waals surface area contributed by atoms with E-state index in [-0.39, 0.29) is 11.9 Å². The van der Waals surface area contributed by atoms with Crippen molar-refractivity contribution in [3.63, 3.8) is 0 Å². The summed E-state index contributed by atoms with van der Waals surface area (Å²) in [5.41, 5.74) is 6.33. The first-order valence-electron chi connectivity index (χ1n) is 12.6. The van der Waals surface area contributed by atoms with Gasteiger partial charge in [0.25, 0.3) is 5.91 Å². The van der Waals surface area contributed by atoms with Gasteiger partial charge in [-0.05, 0) is 79.6 Å². The highest BCUT2D eigenvalue weighted by Gasteiger charge is 2.25. The molecule has 1 fully saturated rings. The molecule has 0 aromatic heterocycles. The summed E-state index contributed by atoms with van der Waals surface area (Å²) in [7, 11) is 0. The van der Waals surface area contributed by atoms with Crippen LogP contribution in [0.25, 0.3) is 0 Å². The van der Waals surface area contributed by atoms with Crippen LogP contribution in [0, 0.1) is 6.92 Å². The molecule has 2 heterocycles. The average molecular weight is 503 g/mol. The maximum atomic E-state index is 13.7. The molecule has 6 nitrogen and oxygen atoms in total. The molecular formula is C29H31ClN4O2. The van der Waals surface area contributed by atoms with Crippen LogP contribution in [0.5, 0.6) is 0 Å². The Balaban J connectivity index is 1.40. The zero-order valence-electron chi connectivity index (χ0n) is 20.5. The van der Waals surface area contributed by atoms with Crippen molar-refractivity contribution in [3.05, 3.63) is 87.9 Å². The molecule has 2 N–H and O–H groups in total. The largest absolute Gasteiger partial charge is 0.366 e. The number of amides is 3. The molecule has 1 saturated heterocycles. The van der Waals surface area contributed by atoms with E-state index in [9.17, 15) is 9.59 Å². The lowest BCUT2D eigenvalue weighted by molar-refractivity contribution is 0.0725. The Morgan fingerprint density at radius 2 is 1.53 bits per heavy atom. The normalized spacial score (nSPS) is 15.3. The second-order valence-electron chi connectivity index (χ2n) is 9.57. The monoisotopic (exact) mass is 502 g/mol. The van der Waals surface area contributed by atoms with Gasteiger partial charge in [0.2, 0.25) is 0 Å². The molecule has 0 bridgehead atoms. The fourth-order valence-electron chi connectivity index (χ4n) is 4.99. The van der Waals surface area contributed by atoms with Crippen LogP contribution in [0.3, 0.4) is 0 Å². The Morgan fingerprint density at radius 1 is 0.833 bits per heavy atom. The van der Waals surface area contributed by atoms with E-state index in [2.05, 4.69) is 39.8 Å². The second-order valence-corrected chi connectivity index (χ2v) is 9.98. The molecule has 0 spiro atoms. The summed E-state index contributed by atoms with van der Waals surface area (Å²) in [5, 5.41) is 6.30. The lowest BCUT2D eigenvalue weighted by Crippen LogP contribution is -2.38. The van der Waals surface area contributed by atoms with Crippen LogP contribution in [-0.2, 0) is 13.0 Å². The molecule has 5 rings (SSSR count). The van der Waals surface area contributed by atoms with Gasteiger partial charge in [-0.15, -0.1) is 0 Å². The van der Waals surface area contributed by atoms with Crippen molar-refractivity contribution in [1.29, 1.82) is 0 Å². The molecule has 186 valence electrons. The van der Waals surface area contributed by atoms with E-state index >= 15 is 0 Å². The van der Waals surface area contributed by atoms with Gasteiger partial charge >= 0.3 is 6.03 Å². The fraction of sp³-hybridized carbons (Fsp3) is 0.310. The molecule has 36 heavy (non-hydrogen) atoms. The van der Waals surface area contributed by atoms with Gasteiger partial charge in [-0.25, -0.2) is 4.79 Å². The van der Waals surface area contributed by atoms with Gasteiger partial charge in [0.1, 0.15) is 0 Å². The Bertz CT molecular complexity index is 1290. The first-order valence-corrected chi connectivity index (χ1v) is 12.9. The van der Waals surface area contributed by atoms with Gasteiger partial charge in [0.15, 0.2) is 0 Å². The number of carbonyl (C=O) groups is 2. The number of fused-ring (bicyclic) bond motifs is 1. The number of carbonyl (C=O) groups excluding carboxylic acids is 2. The number of likely N-dealkylation sites (tertiary alicyclic amines) is 1. The van der Waals surface area contributed by atoms with Crippen LogP contribution < -0.4 is 15.5 Å². The number of hydrogen-bond donors (Lipinski definition) is 2. The Kier molecular flexibility index (Phi) is 7.14. The topological polar surface area (TPSA) is 64.7 Å². The van der Waals surface area contributed by atoms with E-state index in [0.717, 1.165) is 63.1 Å². The first kappa shape index (κ1) is 24.2. The molecular weight excluding hydrogens is 472 g/mol. The summed E-state index contributed by atoms with van der Waals surface area (Å²) in [6.07, 6.45) is 4.15. The number of nitrogens with one attached hydrogen (secondary N) is 2. The maximum Gasteiger partial charge on any atom is 0.323 e. The molecule has 0 unspecified atom stereocenters. The van der Waals surface area contributed by atoms with Gasteiger partial charge in [-0.1, -0.05) is 41.9 Å². The molecule has 0 aliphatic carbocycles. The van der Waals surface area contributed by atoms with Crippen molar-refractivity contribution in [2.45, 2.75) is 39.2 Å². The van der Waals surface area contributed by atoms with Gasteiger partial charge in [-0.2, -0.15) is 0 Å². The highest BCUT2D eigenvalue weighted by Crippen LogP contribution is 2.31. The van der Waals surface area contributed by atoms with Crippen molar-refractivity contribution in [2.75, 3.05) is 35.2 Å². The average Bonchev–Trinajstić information content (AvgIpc) is 2.90. The number of hydrogen-bond acceptors (Lipinski definition) is 3. The van der Waals surface area contributed by atoms with E-state index in [1.165, 1.54) is 11.1 Å². The third-order valence-electron chi connectivity index (χ3n) is 7.03. The van der Waals surface area contributed by atoms with Crippen LogP contribution in [0.4, 0.5) is 21.9 Å². The minimum atomic E-state index is -0.383. The van der Waals surface area contributed by atoms with E-state index in [1.54, 1.807) is 6.07 Å². The first-order chi connectivity index (χ1) is 17.5. The van der Waals surface area contributed by atoms with Gasteiger partial charge < -0.3 is 20.4 Å². The molecule has 3 aromatic carbocycles. The summed E-state index contributed by atoms with van der Waals surface area (Å²) >= 11 is 6.19. The number of rotatable bonds is 4. The van der Waals surface area contributed by atoms with Crippen LogP contribution in [-0.4, -0.2) is 36.5 Å². The third kappa shape index (κ3) is 5.34.